The second-order valence-corrected chi connectivity index (χ2v) is 15.2. The fourth-order valence-electron chi connectivity index (χ4n) is 7.47. The third-order valence-electron chi connectivity index (χ3n) is 10.3. The number of amides is 1. The number of hydrogen-bond acceptors (Lipinski definition) is 6. The lowest BCUT2D eigenvalue weighted by Gasteiger charge is -2.50. The van der Waals surface area contributed by atoms with E-state index in [9.17, 15) is 13.2 Å². The average molecular weight is 613 g/mol. The van der Waals surface area contributed by atoms with E-state index in [0.717, 1.165) is 49.4 Å². The van der Waals surface area contributed by atoms with Crippen LogP contribution in [0.1, 0.15) is 67.4 Å². The highest BCUT2D eigenvalue weighted by atomic mass is 35.5. The van der Waals surface area contributed by atoms with Crippen molar-refractivity contribution in [1.82, 2.24) is 4.72 Å². The quantitative estimate of drug-likeness (QED) is 0.389. The van der Waals surface area contributed by atoms with E-state index in [2.05, 4.69) is 40.8 Å². The summed E-state index contributed by atoms with van der Waals surface area (Å²) < 4.78 is 41.5. The van der Waals surface area contributed by atoms with Gasteiger partial charge in [0.25, 0.3) is 5.91 Å². The fourth-order valence-corrected chi connectivity index (χ4v) is 9.18. The molecule has 4 bridgehead atoms. The van der Waals surface area contributed by atoms with Gasteiger partial charge in [-0.15, -0.1) is 0 Å². The second-order valence-electron chi connectivity index (χ2n) is 13.0. The van der Waals surface area contributed by atoms with Crippen LogP contribution in [-0.2, 0) is 27.7 Å². The Morgan fingerprint density at radius 2 is 1.93 bits per heavy atom. The topological polar surface area (TPSA) is 84.9 Å². The zero-order chi connectivity index (χ0) is 29.7. The second kappa shape index (κ2) is 11.2. The summed E-state index contributed by atoms with van der Waals surface area (Å²) in [6, 6.07) is 11.4. The molecule has 9 heteroatoms. The smallest absolute Gasteiger partial charge is 0.264 e. The number of halogens is 1. The predicted molar refractivity (Wildman–Crippen MR) is 166 cm³/mol. The molecule has 0 spiro atoms. The summed E-state index contributed by atoms with van der Waals surface area (Å²) in [6.07, 6.45) is 9.96. The highest BCUT2D eigenvalue weighted by Crippen LogP contribution is 2.55. The maximum absolute atomic E-state index is 13.4. The molecule has 2 aliphatic carbocycles. The van der Waals surface area contributed by atoms with Crippen LogP contribution in [0.2, 0.25) is 5.02 Å². The summed E-state index contributed by atoms with van der Waals surface area (Å²) in [4.78, 5) is 15.7. The van der Waals surface area contributed by atoms with Gasteiger partial charge in [-0.25, -0.2) is 13.1 Å². The number of sulfonamides is 1. The maximum Gasteiger partial charge on any atom is 0.264 e. The Morgan fingerprint density at radius 1 is 1.10 bits per heavy atom. The number of ether oxygens (including phenoxy) is 2. The van der Waals surface area contributed by atoms with Gasteiger partial charge in [-0.3, -0.25) is 4.79 Å². The van der Waals surface area contributed by atoms with Gasteiger partial charge < -0.3 is 14.4 Å². The van der Waals surface area contributed by atoms with Crippen LogP contribution in [0.25, 0.3) is 0 Å². The van der Waals surface area contributed by atoms with E-state index in [1.807, 2.05) is 19.1 Å². The van der Waals surface area contributed by atoms with Crippen molar-refractivity contribution >= 4 is 33.2 Å². The molecule has 1 N–H and O–H groups in total. The molecule has 2 aliphatic heterocycles. The molecule has 0 radical (unpaired) electrons. The van der Waals surface area contributed by atoms with Gasteiger partial charge in [-0.1, -0.05) is 43.7 Å². The summed E-state index contributed by atoms with van der Waals surface area (Å²) in [5, 5.41) is 0.726. The van der Waals surface area contributed by atoms with Crippen LogP contribution in [0.3, 0.4) is 0 Å². The highest BCUT2D eigenvalue weighted by Gasteiger charge is 2.54. The van der Waals surface area contributed by atoms with Gasteiger partial charge in [0.1, 0.15) is 5.75 Å². The molecule has 4 aliphatic rings. The van der Waals surface area contributed by atoms with Crippen molar-refractivity contribution < 1.29 is 22.7 Å². The Balaban J connectivity index is 1.47. The van der Waals surface area contributed by atoms with Gasteiger partial charge in [0.05, 0.1) is 23.6 Å². The summed E-state index contributed by atoms with van der Waals surface area (Å²) >= 11 is 6.43. The maximum atomic E-state index is 13.4. The normalized spacial score (nSPS) is 32.5. The van der Waals surface area contributed by atoms with E-state index >= 15 is 0 Å². The molecule has 226 valence electrons. The van der Waals surface area contributed by atoms with Gasteiger partial charge in [0.15, 0.2) is 0 Å². The zero-order valence-electron chi connectivity index (χ0n) is 24.7. The van der Waals surface area contributed by atoms with Crippen molar-refractivity contribution in [2.75, 3.05) is 30.9 Å². The molecule has 42 heavy (non-hydrogen) atoms. The number of methoxy groups -OCH3 is 1. The van der Waals surface area contributed by atoms with Crippen molar-refractivity contribution in [3.05, 3.63) is 70.3 Å². The number of rotatable bonds is 1. The zero-order valence-corrected chi connectivity index (χ0v) is 26.3. The number of benzene rings is 2. The minimum Gasteiger partial charge on any atom is -0.491 e. The number of aryl methyl sites for hydroxylation is 1. The van der Waals surface area contributed by atoms with Gasteiger partial charge >= 0.3 is 0 Å². The van der Waals surface area contributed by atoms with E-state index in [0.29, 0.717) is 42.7 Å². The first-order chi connectivity index (χ1) is 20.0. The first kappa shape index (κ1) is 29.5. The Hall–Kier alpha value is -2.55. The number of fused-ring (bicyclic) bond motifs is 6. The monoisotopic (exact) mass is 612 g/mol. The standard InChI is InChI=1S/C33H41ClN2O5S/c1-22-20-42(38,39)35-31(37)24-9-12-30-29(17-24)36(18-25-7-10-27(34)16-23(25)6-4-5-15-41-30)19-26-8-11-28(26)33(40-3)14-13-32(22,2)21-33/h7,9-10,12-14,16-17,22,26,28H,4-6,8,11,15,18-21H2,1-3H3,(H,35,37)/t22-,26+,28-,32?,33?/m1/s1. The van der Waals surface area contributed by atoms with E-state index in [1.165, 1.54) is 11.1 Å². The molecular formula is C33H41ClN2O5S. The van der Waals surface area contributed by atoms with Gasteiger partial charge in [-0.2, -0.15) is 0 Å². The third kappa shape index (κ3) is 5.58. The van der Waals surface area contributed by atoms with E-state index < -0.39 is 21.5 Å². The molecule has 2 unspecified atom stereocenters. The Kier molecular flexibility index (Phi) is 7.86. The number of anilines is 1. The SMILES string of the molecule is COC12C=CC(C)(C1)[C@H](C)CS(=O)(=O)NC(=O)c1ccc3c(c1)N(Cc1ccc(Cl)cc1CCCCO3)C[C@@H]1CC[C@H]12. The molecule has 1 fully saturated rings. The number of hydrogen-bond donors (Lipinski definition) is 1. The molecule has 2 aromatic carbocycles. The predicted octanol–water partition coefficient (Wildman–Crippen LogP) is 6.15. The molecule has 0 aromatic heterocycles. The Bertz CT molecular complexity index is 1510. The van der Waals surface area contributed by atoms with Crippen LogP contribution < -0.4 is 14.4 Å². The molecule has 7 nitrogen and oxygen atoms in total. The Morgan fingerprint density at radius 3 is 2.69 bits per heavy atom. The van der Waals surface area contributed by atoms with Crippen molar-refractivity contribution in [2.24, 2.45) is 23.2 Å². The van der Waals surface area contributed by atoms with Crippen molar-refractivity contribution in [2.45, 2.75) is 64.5 Å². The van der Waals surface area contributed by atoms with E-state index in [-0.39, 0.29) is 17.1 Å². The van der Waals surface area contributed by atoms with Crippen LogP contribution in [0.4, 0.5) is 5.69 Å². The first-order valence-electron chi connectivity index (χ1n) is 15.1. The summed E-state index contributed by atoms with van der Waals surface area (Å²) in [5.74, 6) is 0.373. The Labute approximate surface area is 254 Å². The lowest BCUT2D eigenvalue weighted by atomic mass is 9.62. The largest absolute Gasteiger partial charge is 0.491 e. The molecule has 0 saturated heterocycles. The van der Waals surface area contributed by atoms with Crippen LogP contribution in [0, 0.1) is 23.2 Å². The fraction of sp³-hybridized carbons (Fsp3) is 0.545. The number of carbonyl (C=O) groups excluding carboxylic acids is 1. The van der Waals surface area contributed by atoms with Crippen LogP contribution >= 0.6 is 11.6 Å². The average Bonchev–Trinajstić information content (AvgIpc) is 3.27. The minimum atomic E-state index is -3.89. The molecule has 2 aromatic rings. The summed E-state index contributed by atoms with van der Waals surface area (Å²) in [5.41, 5.74) is 2.69. The number of nitrogens with one attached hydrogen (secondary N) is 1. The van der Waals surface area contributed by atoms with Gasteiger partial charge in [0.2, 0.25) is 10.0 Å². The van der Waals surface area contributed by atoms with Gasteiger partial charge in [0, 0.05) is 30.8 Å². The van der Waals surface area contributed by atoms with Crippen LogP contribution in [0.15, 0.2) is 48.6 Å². The summed E-state index contributed by atoms with van der Waals surface area (Å²) in [7, 11) is -2.11. The molecular weight excluding hydrogens is 572 g/mol. The third-order valence-corrected chi connectivity index (χ3v) is 12.0. The molecule has 6 rings (SSSR count). The van der Waals surface area contributed by atoms with Crippen LogP contribution in [0.5, 0.6) is 5.75 Å². The van der Waals surface area contributed by atoms with Crippen LogP contribution in [-0.4, -0.2) is 45.9 Å². The lowest BCUT2D eigenvalue weighted by molar-refractivity contribution is -0.0885. The number of nitrogens with zero attached hydrogens (tertiary/aromatic N) is 1. The molecule has 2 heterocycles. The lowest BCUT2D eigenvalue weighted by Crippen LogP contribution is -2.51. The van der Waals surface area contributed by atoms with Crippen molar-refractivity contribution in [3.63, 3.8) is 0 Å². The highest BCUT2D eigenvalue weighted by molar-refractivity contribution is 7.90. The van der Waals surface area contributed by atoms with E-state index in [1.54, 1.807) is 19.2 Å². The number of carbonyl (C=O) groups is 1. The molecule has 1 amide bonds. The van der Waals surface area contributed by atoms with E-state index in [4.69, 9.17) is 21.1 Å². The molecule has 5 atom stereocenters. The van der Waals surface area contributed by atoms with Gasteiger partial charge in [-0.05, 0) is 103 Å². The van der Waals surface area contributed by atoms with Crippen molar-refractivity contribution in [1.29, 1.82) is 0 Å². The number of allylic oxidation sites excluding steroid dienone is 1. The van der Waals surface area contributed by atoms with Crippen molar-refractivity contribution in [3.8, 4) is 5.75 Å². The summed E-state index contributed by atoms with van der Waals surface area (Å²) in [6.45, 7) is 6.00. The molecule has 1 saturated carbocycles. The minimum absolute atomic E-state index is 0.146. The first-order valence-corrected chi connectivity index (χ1v) is 17.1.